The number of aliphatic hydroxyl groups is 1. The number of nitrogens with zero attached hydrogens (tertiary/aromatic N) is 2. The van der Waals surface area contributed by atoms with Crippen LogP contribution in [0, 0.1) is 34.5 Å². The fourth-order valence-corrected chi connectivity index (χ4v) is 8.42. The monoisotopic (exact) mass is 491 g/mol. The maximum atomic E-state index is 13.0. The fourth-order valence-electron chi connectivity index (χ4n) is 8.42. The van der Waals surface area contributed by atoms with Crippen molar-refractivity contribution in [3.63, 3.8) is 0 Å². The van der Waals surface area contributed by atoms with Crippen LogP contribution in [-0.4, -0.2) is 60.8 Å². The molecule has 0 spiro atoms. The lowest BCUT2D eigenvalue weighted by atomic mass is 9.46. The molecule has 0 aromatic carbocycles. The number of hydrogen-bond acceptors (Lipinski definition) is 5. The molecule has 2 N–H and O–H groups in total. The molecule has 4 rings (SSSR count). The average Bonchev–Trinajstić information content (AvgIpc) is 3.19. The van der Waals surface area contributed by atoms with Gasteiger partial charge in [-0.25, -0.2) is 9.18 Å². The van der Waals surface area contributed by atoms with Gasteiger partial charge in [-0.15, -0.1) is 0 Å². The molecular weight excluding hydrogens is 445 g/mol. The van der Waals surface area contributed by atoms with E-state index in [0.29, 0.717) is 30.8 Å². The van der Waals surface area contributed by atoms with Crippen LogP contribution in [0.5, 0.6) is 0 Å². The Kier molecular flexibility index (Phi) is 8.26. The molecule has 4 aliphatic rings. The number of allylic oxidation sites excluding steroid dienone is 1. The molecule has 6 nitrogen and oxygen atoms in total. The lowest BCUT2D eigenvalue weighted by molar-refractivity contribution is -0.0479. The Morgan fingerprint density at radius 2 is 2.00 bits per heavy atom. The van der Waals surface area contributed by atoms with Gasteiger partial charge in [-0.2, -0.15) is 0 Å². The second-order valence-corrected chi connectivity index (χ2v) is 11.9. The standard InChI is InChI=1S/C28H46FN3O3/c1-5-30-15-17-32(16-14-29)26(34)35-31-19(2)23-8-9-24-22-7-6-20-18-21(33)10-12-27(20,3)25(22)11-13-28(23,24)4/h18,21-25,30,33H,5-17H2,1-4H3/b31-19+/t21-,22-,23+,24-,25-,27-,28+/m0/s1. The van der Waals surface area contributed by atoms with Gasteiger partial charge in [-0.05, 0) is 93.4 Å². The third-order valence-electron chi connectivity index (χ3n) is 10.3. The SMILES string of the molecule is CCNCCN(CCF)C(=O)O/N=C(\C)[C@H]1CC[C@H]2[C@@H]3CCC4=C[C@@H](O)CC[C@]4(C)[C@H]3CC[C@]12C. The van der Waals surface area contributed by atoms with Crippen molar-refractivity contribution in [3.05, 3.63) is 11.6 Å². The number of fused-ring (bicyclic) bond motifs is 5. The Bertz CT molecular complexity index is 832. The van der Waals surface area contributed by atoms with Crippen LogP contribution in [0.1, 0.15) is 79.1 Å². The maximum Gasteiger partial charge on any atom is 0.436 e. The van der Waals surface area contributed by atoms with E-state index in [1.165, 1.54) is 36.2 Å². The number of hydrogen-bond donors (Lipinski definition) is 2. The van der Waals surface area contributed by atoms with Crippen LogP contribution in [0.25, 0.3) is 0 Å². The summed E-state index contributed by atoms with van der Waals surface area (Å²) in [5, 5.41) is 17.7. The highest BCUT2D eigenvalue weighted by Gasteiger charge is 2.59. The second kappa shape index (κ2) is 10.9. The lowest BCUT2D eigenvalue weighted by Crippen LogP contribution is -2.51. The Balaban J connectivity index is 1.43. The summed E-state index contributed by atoms with van der Waals surface area (Å²) in [5.74, 6) is 2.40. The molecule has 0 bridgehead atoms. The number of oxime groups is 1. The van der Waals surface area contributed by atoms with Crippen LogP contribution >= 0.6 is 0 Å². The van der Waals surface area contributed by atoms with E-state index in [1.807, 2.05) is 13.8 Å². The topological polar surface area (TPSA) is 74.2 Å². The normalized spacial score (nSPS) is 38.7. The number of carbonyl (C=O) groups excluding carboxylic acids is 1. The lowest BCUT2D eigenvalue weighted by Gasteiger charge is -2.58. The summed E-state index contributed by atoms with van der Waals surface area (Å²) in [7, 11) is 0. The van der Waals surface area contributed by atoms with E-state index in [1.54, 1.807) is 0 Å². The number of carbonyl (C=O) groups is 1. The van der Waals surface area contributed by atoms with E-state index in [4.69, 9.17) is 4.84 Å². The summed E-state index contributed by atoms with van der Waals surface area (Å²) >= 11 is 0. The van der Waals surface area contributed by atoms with Crippen molar-refractivity contribution in [1.82, 2.24) is 10.2 Å². The first kappa shape index (κ1) is 26.6. The molecule has 0 unspecified atom stereocenters. The number of nitrogens with one attached hydrogen (secondary N) is 1. The highest BCUT2D eigenvalue weighted by atomic mass is 19.1. The third kappa shape index (κ3) is 5.04. The summed E-state index contributed by atoms with van der Waals surface area (Å²) in [6.45, 7) is 10.1. The summed E-state index contributed by atoms with van der Waals surface area (Å²) in [6.07, 6.45) is 10.4. The molecule has 0 saturated heterocycles. The summed E-state index contributed by atoms with van der Waals surface area (Å²) < 4.78 is 13.0. The molecule has 7 atom stereocenters. The molecule has 3 fully saturated rings. The number of amides is 1. The van der Waals surface area contributed by atoms with Crippen molar-refractivity contribution in [2.75, 3.05) is 32.9 Å². The van der Waals surface area contributed by atoms with Gasteiger partial charge in [-0.3, -0.25) is 4.84 Å². The van der Waals surface area contributed by atoms with Gasteiger partial charge in [0.25, 0.3) is 0 Å². The van der Waals surface area contributed by atoms with Crippen molar-refractivity contribution in [3.8, 4) is 0 Å². The van der Waals surface area contributed by atoms with Gasteiger partial charge in [-0.1, -0.05) is 37.6 Å². The van der Waals surface area contributed by atoms with Gasteiger partial charge in [0.05, 0.1) is 18.4 Å². The minimum Gasteiger partial charge on any atom is -0.389 e. The van der Waals surface area contributed by atoms with E-state index in [0.717, 1.165) is 43.9 Å². The summed E-state index contributed by atoms with van der Waals surface area (Å²) in [5.41, 5.74) is 2.83. The molecule has 0 aromatic heterocycles. The van der Waals surface area contributed by atoms with Crippen LogP contribution in [0.3, 0.4) is 0 Å². The largest absolute Gasteiger partial charge is 0.436 e. The molecule has 1 amide bonds. The second-order valence-electron chi connectivity index (χ2n) is 11.9. The van der Waals surface area contributed by atoms with Crippen molar-refractivity contribution in [1.29, 1.82) is 0 Å². The van der Waals surface area contributed by atoms with Crippen molar-refractivity contribution < 1.29 is 19.1 Å². The zero-order valence-corrected chi connectivity index (χ0v) is 22.2. The van der Waals surface area contributed by atoms with Crippen LogP contribution < -0.4 is 5.32 Å². The van der Waals surface area contributed by atoms with Gasteiger partial charge in [0.15, 0.2) is 0 Å². The van der Waals surface area contributed by atoms with E-state index in [2.05, 4.69) is 30.4 Å². The minimum absolute atomic E-state index is 0.0251. The molecule has 0 radical (unpaired) electrons. The van der Waals surface area contributed by atoms with E-state index < -0.39 is 12.8 Å². The predicted octanol–water partition coefficient (Wildman–Crippen LogP) is 5.32. The van der Waals surface area contributed by atoms with Crippen LogP contribution in [0.15, 0.2) is 16.8 Å². The Morgan fingerprint density at radius 3 is 2.74 bits per heavy atom. The molecule has 0 aromatic rings. The average molecular weight is 492 g/mol. The highest BCUT2D eigenvalue weighted by molar-refractivity contribution is 5.85. The quantitative estimate of drug-likeness (QED) is 0.158. The zero-order chi connectivity index (χ0) is 25.2. The molecule has 0 aliphatic heterocycles. The molecular formula is C28H46FN3O3. The number of rotatable bonds is 8. The molecule has 198 valence electrons. The number of likely N-dealkylation sites (N-methyl/N-ethyl adjacent to an activating group) is 1. The first-order valence-corrected chi connectivity index (χ1v) is 13.9. The van der Waals surface area contributed by atoms with E-state index in [9.17, 15) is 14.3 Å². The first-order chi connectivity index (χ1) is 16.7. The van der Waals surface area contributed by atoms with E-state index >= 15 is 0 Å². The Hall–Kier alpha value is -1.47. The van der Waals surface area contributed by atoms with Crippen molar-refractivity contribution in [2.45, 2.75) is 85.2 Å². The van der Waals surface area contributed by atoms with Gasteiger partial charge in [0.2, 0.25) is 0 Å². The van der Waals surface area contributed by atoms with Gasteiger partial charge in [0.1, 0.15) is 6.67 Å². The highest BCUT2D eigenvalue weighted by Crippen LogP contribution is 2.66. The smallest absolute Gasteiger partial charge is 0.389 e. The number of alkyl halides is 1. The number of aliphatic hydroxyl groups excluding tert-OH is 1. The summed E-state index contributed by atoms with van der Waals surface area (Å²) in [6, 6.07) is 0. The molecule has 7 heteroatoms. The molecule has 3 saturated carbocycles. The van der Waals surface area contributed by atoms with Gasteiger partial charge < -0.3 is 15.3 Å². The van der Waals surface area contributed by atoms with Crippen LogP contribution in [0.4, 0.5) is 9.18 Å². The first-order valence-electron chi connectivity index (χ1n) is 13.9. The van der Waals surface area contributed by atoms with E-state index in [-0.39, 0.29) is 23.5 Å². The Labute approximate surface area is 210 Å². The minimum atomic E-state index is -0.594. The number of halogens is 1. The van der Waals surface area contributed by atoms with Crippen molar-refractivity contribution >= 4 is 11.8 Å². The predicted molar refractivity (Wildman–Crippen MR) is 137 cm³/mol. The molecule has 0 heterocycles. The zero-order valence-electron chi connectivity index (χ0n) is 22.2. The van der Waals surface area contributed by atoms with Crippen LogP contribution in [-0.2, 0) is 4.84 Å². The summed E-state index contributed by atoms with van der Waals surface area (Å²) in [4.78, 5) is 19.3. The maximum absolute atomic E-state index is 13.0. The fraction of sp³-hybridized carbons (Fsp3) is 0.857. The third-order valence-corrected chi connectivity index (χ3v) is 10.3. The van der Waals surface area contributed by atoms with Crippen LogP contribution in [0.2, 0.25) is 0 Å². The van der Waals surface area contributed by atoms with Gasteiger partial charge in [0, 0.05) is 19.0 Å². The molecule has 4 aliphatic carbocycles. The van der Waals surface area contributed by atoms with Crippen molar-refractivity contribution in [2.24, 2.45) is 39.7 Å². The molecule has 35 heavy (non-hydrogen) atoms. The Morgan fingerprint density at radius 1 is 1.20 bits per heavy atom. The van der Waals surface area contributed by atoms with Gasteiger partial charge >= 0.3 is 6.09 Å².